The number of aromatic nitrogens is 4. The van der Waals surface area contributed by atoms with Crippen LogP contribution in [0.25, 0.3) is 22.4 Å². The van der Waals surface area contributed by atoms with E-state index in [1.54, 1.807) is 6.20 Å². The van der Waals surface area contributed by atoms with E-state index in [0.717, 1.165) is 48.6 Å². The summed E-state index contributed by atoms with van der Waals surface area (Å²) in [5.74, 6) is 0.947. The molecule has 1 fully saturated rings. The second kappa shape index (κ2) is 8.65. The van der Waals surface area contributed by atoms with E-state index in [9.17, 15) is 4.79 Å². The van der Waals surface area contributed by atoms with Gasteiger partial charge in [0.1, 0.15) is 11.5 Å². The maximum atomic E-state index is 12.9. The van der Waals surface area contributed by atoms with Gasteiger partial charge in [0.15, 0.2) is 0 Å². The molecule has 0 bridgehead atoms. The molecule has 0 atom stereocenters. The molecule has 31 heavy (non-hydrogen) atoms. The lowest BCUT2D eigenvalue weighted by molar-refractivity contribution is 0.0627. The summed E-state index contributed by atoms with van der Waals surface area (Å²) in [7, 11) is 0. The summed E-state index contributed by atoms with van der Waals surface area (Å²) in [5, 5.41) is 0. The number of para-hydroxylation sites is 2. The Bertz CT molecular complexity index is 1180. The van der Waals surface area contributed by atoms with Gasteiger partial charge in [0.25, 0.3) is 5.91 Å². The van der Waals surface area contributed by atoms with Crippen LogP contribution in [0.3, 0.4) is 0 Å². The van der Waals surface area contributed by atoms with Crippen molar-refractivity contribution in [3.8, 4) is 11.4 Å². The average molecular weight is 412 g/mol. The average Bonchev–Trinajstić information content (AvgIpc) is 3.31. The van der Waals surface area contributed by atoms with Crippen molar-refractivity contribution in [3.63, 3.8) is 0 Å². The summed E-state index contributed by atoms with van der Waals surface area (Å²) in [6, 6.07) is 17.9. The second-order valence-electron chi connectivity index (χ2n) is 7.69. The van der Waals surface area contributed by atoms with Gasteiger partial charge in [0.05, 0.1) is 17.2 Å². The molecule has 2 aromatic carbocycles. The number of hydrogen-bond acceptors (Lipinski definition) is 5. The molecule has 7 heteroatoms. The van der Waals surface area contributed by atoms with Crippen LogP contribution in [0.4, 0.5) is 0 Å². The summed E-state index contributed by atoms with van der Waals surface area (Å²) in [5.41, 5.74) is 3.09. The van der Waals surface area contributed by atoms with Crippen LogP contribution in [0.15, 0.2) is 73.2 Å². The molecule has 1 aliphatic heterocycles. The van der Waals surface area contributed by atoms with Gasteiger partial charge in [-0.1, -0.05) is 42.5 Å². The number of piperazine rings is 1. The Morgan fingerprint density at radius 1 is 0.839 bits per heavy atom. The summed E-state index contributed by atoms with van der Waals surface area (Å²) in [4.78, 5) is 30.6. The molecule has 1 saturated heterocycles. The normalized spacial score (nSPS) is 14.8. The maximum absolute atomic E-state index is 12.9. The summed E-state index contributed by atoms with van der Waals surface area (Å²) >= 11 is 0. The lowest BCUT2D eigenvalue weighted by Crippen LogP contribution is -2.49. The molecule has 3 heterocycles. The topological polar surface area (TPSA) is 67.2 Å². The molecule has 1 aliphatic rings. The Morgan fingerprint density at radius 3 is 2.39 bits per heavy atom. The summed E-state index contributed by atoms with van der Waals surface area (Å²) in [6.07, 6.45) is 5.46. The molecule has 0 saturated carbocycles. The molecule has 1 amide bonds. The summed E-state index contributed by atoms with van der Waals surface area (Å²) in [6.45, 7) is 4.89. The van der Waals surface area contributed by atoms with E-state index >= 15 is 0 Å². The van der Waals surface area contributed by atoms with Gasteiger partial charge in [-0.2, -0.15) is 0 Å². The molecule has 0 unspecified atom stereocenters. The van der Waals surface area contributed by atoms with Crippen LogP contribution < -0.4 is 0 Å². The molecule has 0 aliphatic carbocycles. The Balaban J connectivity index is 1.17. The fourth-order valence-corrected chi connectivity index (χ4v) is 3.98. The second-order valence-corrected chi connectivity index (χ2v) is 7.69. The van der Waals surface area contributed by atoms with Crippen molar-refractivity contribution < 1.29 is 4.79 Å². The van der Waals surface area contributed by atoms with Gasteiger partial charge in [-0.15, -0.1) is 0 Å². The Kier molecular flexibility index (Phi) is 5.41. The molecule has 2 aromatic heterocycles. The first-order valence-electron chi connectivity index (χ1n) is 10.6. The largest absolute Gasteiger partial charge is 0.335 e. The van der Waals surface area contributed by atoms with Crippen molar-refractivity contribution in [1.29, 1.82) is 0 Å². The van der Waals surface area contributed by atoms with Gasteiger partial charge >= 0.3 is 0 Å². The van der Waals surface area contributed by atoms with Crippen molar-refractivity contribution in [3.05, 3.63) is 78.9 Å². The Hall–Kier alpha value is -3.58. The van der Waals surface area contributed by atoms with E-state index < -0.39 is 0 Å². The highest BCUT2D eigenvalue weighted by molar-refractivity contribution is 5.93. The van der Waals surface area contributed by atoms with Gasteiger partial charge in [-0.3, -0.25) is 14.7 Å². The SMILES string of the molecule is O=C(c1cnc2ccccc2n1)N1CCN(CCn2ccnc2-c2ccccc2)CC1. The first-order valence-corrected chi connectivity index (χ1v) is 10.6. The fourth-order valence-electron chi connectivity index (χ4n) is 3.98. The van der Waals surface area contributed by atoms with E-state index in [0.29, 0.717) is 18.8 Å². The van der Waals surface area contributed by atoms with Crippen LogP contribution in [-0.2, 0) is 6.54 Å². The van der Waals surface area contributed by atoms with Crippen molar-refractivity contribution in [2.75, 3.05) is 32.7 Å². The highest BCUT2D eigenvalue weighted by atomic mass is 16.2. The molecular formula is C24H24N6O. The minimum Gasteiger partial charge on any atom is -0.335 e. The molecule has 0 radical (unpaired) electrons. The van der Waals surface area contributed by atoms with E-state index in [-0.39, 0.29) is 5.91 Å². The van der Waals surface area contributed by atoms with E-state index in [1.165, 1.54) is 0 Å². The van der Waals surface area contributed by atoms with Crippen LogP contribution >= 0.6 is 0 Å². The van der Waals surface area contributed by atoms with Gasteiger partial charge < -0.3 is 9.47 Å². The minimum atomic E-state index is -0.0427. The molecule has 4 aromatic rings. The number of carbonyl (C=O) groups excluding carboxylic acids is 1. The smallest absolute Gasteiger partial charge is 0.274 e. The third-order valence-corrected chi connectivity index (χ3v) is 5.73. The number of carbonyl (C=O) groups is 1. The third-order valence-electron chi connectivity index (χ3n) is 5.73. The molecule has 0 spiro atoms. The number of imidazole rings is 1. The van der Waals surface area contributed by atoms with Crippen molar-refractivity contribution in [2.45, 2.75) is 6.54 Å². The number of fused-ring (bicyclic) bond motifs is 1. The third kappa shape index (κ3) is 4.18. The minimum absolute atomic E-state index is 0.0427. The quantitative estimate of drug-likeness (QED) is 0.504. The van der Waals surface area contributed by atoms with Crippen LogP contribution in [-0.4, -0.2) is 67.9 Å². The number of hydrogen-bond donors (Lipinski definition) is 0. The predicted molar refractivity (Wildman–Crippen MR) is 120 cm³/mol. The zero-order valence-corrected chi connectivity index (χ0v) is 17.3. The van der Waals surface area contributed by atoms with Crippen LogP contribution in [0.1, 0.15) is 10.5 Å². The number of nitrogens with zero attached hydrogens (tertiary/aromatic N) is 6. The van der Waals surface area contributed by atoms with Crippen LogP contribution in [0.5, 0.6) is 0 Å². The van der Waals surface area contributed by atoms with Crippen LogP contribution in [0.2, 0.25) is 0 Å². The number of rotatable bonds is 5. The van der Waals surface area contributed by atoms with E-state index in [1.807, 2.05) is 59.8 Å². The van der Waals surface area contributed by atoms with Crippen molar-refractivity contribution in [1.82, 2.24) is 29.3 Å². The number of amides is 1. The zero-order chi connectivity index (χ0) is 21.0. The maximum Gasteiger partial charge on any atom is 0.274 e. The molecule has 0 N–H and O–H groups in total. The molecular weight excluding hydrogens is 388 g/mol. The van der Waals surface area contributed by atoms with Crippen molar-refractivity contribution in [2.24, 2.45) is 0 Å². The molecule has 156 valence electrons. The predicted octanol–water partition coefficient (Wildman–Crippen LogP) is 2.95. The zero-order valence-electron chi connectivity index (χ0n) is 17.3. The van der Waals surface area contributed by atoms with Gasteiger partial charge in [0, 0.05) is 57.2 Å². The lowest BCUT2D eigenvalue weighted by Gasteiger charge is -2.34. The monoisotopic (exact) mass is 412 g/mol. The van der Waals surface area contributed by atoms with Gasteiger partial charge in [-0.05, 0) is 12.1 Å². The molecule has 5 rings (SSSR count). The van der Waals surface area contributed by atoms with Gasteiger partial charge in [-0.25, -0.2) is 9.97 Å². The Labute approximate surface area is 181 Å². The summed E-state index contributed by atoms with van der Waals surface area (Å²) < 4.78 is 2.19. The van der Waals surface area contributed by atoms with E-state index in [2.05, 4.69) is 36.6 Å². The lowest BCUT2D eigenvalue weighted by atomic mass is 10.2. The van der Waals surface area contributed by atoms with Crippen LogP contribution in [0, 0.1) is 0 Å². The first-order chi connectivity index (χ1) is 15.3. The fraction of sp³-hybridized carbons (Fsp3) is 0.250. The highest BCUT2D eigenvalue weighted by Crippen LogP contribution is 2.17. The number of benzene rings is 2. The Morgan fingerprint density at radius 2 is 1.58 bits per heavy atom. The standard InChI is InChI=1S/C24H24N6O/c31-24(22-18-26-20-8-4-5-9-21(20)27-22)30-16-13-28(14-17-30)12-15-29-11-10-25-23(29)19-6-2-1-3-7-19/h1-11,18H,12-17H2. The van der Waals surface area contributed by atoms with Crippen molar-refractivity contribution >= 4 is 16.9 Å². The first kappa shape index (κ1) is 19.4. The van der Waals surface area contributed by atoms with E-state index in [4.69, 9.17) is 0 Å². The molecule has 7 nitrogen and oxygen atoms in total. The highest BCUT2D eigenvalue weighted by Gasteiger charge is 2.23. The van der Waals surface area contributed by atoms with Gasteiger partial charge in [0.2, 0.25) is 0 Å².